The van der Waals surface area contributed by atoms with Gasteiger partial charge in [0.1, 0.15) is 0 Å². The van der Waals surface area contributed by atoms with Crippen molar-refractivity contribution >= 4 is 0 Å². The molecular weight excluding hydrogens is 313 g/mol. The van der Waals surface area contributed by atoms with Crippen LogP contribution in [0.5, 0.6) is 0 Å². The molecule has 0 aromatic carbocycles. The van der Waals surface area contributed by atoms with Gasteiger partial charge in [-0.2, -0.15) is 34.9 Å². The Labute approximate surface area is 144 Å². The van der Waals surface area contributed by atoms with E-state index in [4.69, 9.17) is 0 Å². The summed E-state index contributed by atoms with van der Waals surface area (Å²) >= 11 is 0. The summed E-state index contributed by atoms with van der Waals surface area (Å²) in [6.07, 6.45) is 12.1. The molecule has 102 valence electrons. The molecule has 1 N–H and O–H groups in total. The van der Waals surface area contributed by atoms with Crippen LogP contribution < -0.4 is 24.8 Å². The van der Waals surface area contributed by atoms with Crippen molar-refractivity contribution in [2.75, 3.05) is 0 Å². The van der Waals surface area contributed by atoms with Crippen LogP contribution in [-0.2, 0) is 21.7 Å². The Bertz CT molecular complexity index is 419. The van der Waals surface area contributed by atoms with E-state index in [2.05, 4.69) is 58.0 Å². The average molecular weight is 332 g/mol. The van der Waals surface area contributed by atoms with Crippen molar-refractivity contribution in [2.24, 2.45) is 0 Å². The minimum Gasteiger partial charge on any atom is -1.00 e. The van der Waals surface area contributed by atoms with Crippen molar-refractivity contribution in [3.63, 3.8) is 0 Å². The van der Waals surface area contributed by atoms with Gasteiger partial charge in [0, 0.05) is 0 Å². The molecule has 1 heterocycles. The third-order valence-electron chi connectivity index (χ3n) is 2.70. The summed E-state index contributed by atoms with van der Waals surface area (Å²) < 4.78 is 0. The number of aryl methyl sites for hydroxylation is 2. The Kier molecular flexibility index (Phi) is 14.6. The van der Waals surface area contributed by atoms with Crippen molar-refractivity contribution < 1.29 is 46.5 Å². The zero-order chi connectivity index (χ0) is 12.1. The van der Waals surface area contributed by atoms with E-state index < -0.39 is 0 Å². The molecule has 0 saturated heterocycles. The average Bonchev–Trinajstić information content (AvgIpc) is 2.86. The largest absolute Gasteiger partial charge is 4.00 e. The van der Waals surface area contributed by atoms with E-state index in [-0.39, 0.29) is 46.5 Å². The quantitative estimate of drug-likeness (QED) is 0.418. The summed E-state index contributed by atoms with van der Waals surface area (Å²) in [7, 11) is 0. The molecule has 4 heteroatoms. The van der Waals surface area contributed by atoms with Crippen molar-refractivity contribution in [3.05, 3.63) is 58.5 Å². The minimum absolute atomic E-state index is 0. The Hall–Kier alpha value is -0.206. The predicted octanol–water partition coefficient (Wildman–Crippen LogP) is -2.00. The van der Waals surface area contributed by atoms with E-state index in [1.807, 2.05) is 12.2 Å². The molecule has 1 aromatic heterocycles. The van der Waals surface area contributed by atoms with E-state index in [1.54, 1.807) is 0 Å². The van der Waals surface area contributed by atoms with Crippen molar-refractivity contribution in [1.82, 2.24) is 4.98 Å². The van der Waals surface area contributed by atoms with Crippen molar-refractivity contribution in [1.29, 1.82) is 0 Å². The van der Waals surface area contributed by atoms with E-state index in [0.29, 0.717) is 0 Å². The van der Waals surface area contributed by atoms with Crippen LogP contribution in [-0.4, -0.2) is 4.98 Å². The first-order valence-electron chi connectivity index (χ1n) is 5.49. The topological polar surface area (TPSA) is 15.8 Å². The number of H-pyrrole nitrogens is 1. The number of aromatic amines is 1. The molecule has 1 aromatic rings. The van der Waals surface area contributed by atoms with Gasteiger partial charge in [-0.25, -0.2) is 0 Å². The van der Waals surface area contributed by atoms with Gasteiger partial charge in [-0.1, -0.05) is 34.6 Å². The van der Waals surface area contributed by atoms with Crippen LogP contribution in [0.3, 0.4) is 0 Å². The predicted molar refractivity (Wildman–Crippen MR) is 69.2 cm³/mol. The van der Waals surface area contributed by atoms with E-state index >= 15 is 0 Å². The molecule has 1 aliphatic carbocycles. The fraction of sp³-hybridized carbons (Fsp3) is 0.333. The summed E-state index contributed by atoms with van der Waals surface area (Å²) in [6, 6.07) is 0. The van der Waals surface area contributed by atoms with Crippen molar-refractivity contribution in [2.45, 2.75) is 34.6 Å². The van der Waals surface area contributed by atoms with Crippen LogP contribution in [0, 0.1) is 33.0 Å². The molecule has 0 atom stereocenters. The standard InChI is InChI=1S/C8H9.C7H10N.2ClH.Ti/c1-7(2)8-5-3-4-6-8;1-5-4-8-7(3)6(5)2;;;/h3-5H,1-2H3;8H,1-3H3;2*1H;/q2*-1;;;+4/p-2. The zero-order valence-electron chi connectivity index (χ0n) is 12.0. The summed E-state index contributed by atoms with van der Waals surface area (Å²) in [5, 5.41) is 0. The van der Waals surface area contributed by atoms with Gasteiger partial charge in [-0.05, 0) is 0 Å². The number of hydrogen-bond acceptors (Lipinski definition) is 0. The maximum absolute atomic E-state index is 3.10. The third kappa shape index (κ3) is 7.84. The van der Waals surface area contributed by atoms with Gasteiger partial charge in [0.05, 0.1) is 0 Å². The molecule has 2 rings (SSSR count). The number of aromatic nitrogens is 1. The van der Waals surface area contributed by atoms with Crippen LogP contribution in [0.25, 0.3) is 0 Å². The molecule has 0 spiro atoms. The number of allylic oxidation sites excluding steroid dienone is 6. The summed E-state index contributed by atoms with van der Waals surface area (Å²) in [6.45, 7) is 10.4. The Balaban J connectivity index is -0.000000233. The number of nitrogens with one attached hydrogen (secondary N) is 1. The van der Waals surface area contributed by atoms with Crippen LogP contribution in [0.1, 0.15) is 30.7 Å². The molecule has 0 radical (unpaired) electrons. The molecule has 1 nitrogen and oxygen atoms in total. The smallest absolute Gasteiger partial charge is 1.00 e. The first-order chi connectivity index (χ1) is 7.52. The first kappa shape index (κ1) is 23.9. The zero-order valence-corrected chi connectivity index (χ0v) is 15.1. The van der Waals surface area contributed by atoms with Gasteiger partial charge >= 0.3 is 21.7 Å². The molecule has 0 unspecified atom stereocenters. The molecule has 0 aliphatic heterocycles. The fourth-order valence-corrected chi connectivity index (χ4v) is 1.30. The second-order valence-electron chi connectivity index (χ2n) is 4.21. The van der Waals surface area contributed by atoms with Crippen LogP contribution in [0.2, 0.25) is 0 Å². The molecule has 0 amide bonds. The minimum atomic E-state index is 0. The van der Waals surface area contributed by atoms with Gasteiger partial charge in [-0.3, -0.25) is 0 Å². The second kappa shape index (κ2) is 11.6. The van der Waals surface area contributed by atoms with E-state index in [1.165, 1.54) is 28.0 Å². The number of halogens is 2. The summed E-state index contributed by atoms with van der Waals surface area (Å²) in [5.41, 5.74) is 6.33. The van der Waals surface area contributed by atoms with Crippen LogP contribution in [0.4, 0.5) is 0 Å². The summed E-state index contributed by atoms with van der Waals surface area (Å²) in [5.74, 6) is 0. The van der Waals surface area contributed by atoms with Gasteiger partial charge in [-0.15, -0.1) is 23.5 Å². The number of rotatable bonds is 0. The van der Waals surface area contributed by atoms with Gasteiger partial charge in [0.2, 0.25) is 0 Å². The van der Waals surface area contributed by atoms with Crippen molar-refractivity contribution in [3.8, 4) is 0 Å². The summed E-state index contributed by atoms with van der Waals surface area (Å²) in [4.78, 5) is 3.01. The normalized spacial score (nSPS) is 10.7. The van der Waals surface area contributed by atoms with Crippen LogP contribution >= 0.6 is 0 Å². The fourth-order valence-electron chi connectivity index (χ4n) is 1.30. The van der Waals surface area contributed by atoms with Crippen LogP contribution in [0.15, 0.2) is 29.4 Å². The molecule has 0 bridgehead atoms. The first-order valence-corrected chi connectivity index (χ1v) is 5.49. The molecule has 0 fully saturated rings. The maximum atomic E-state index is 3.10. The molecule has 19 heavy (non-hydrogen) atoms. The Morgan fingerprint density at radius 2 is 1.68 bits per heavy atom. The molecule has 1 aliphatic rings. The monoisotopic (exact) mass is 331 g/mol. The van der Waals surface area contributed by atoms with Gasteiger partial charge in [0.25, 0.3) is 0 Å². The second-order valence-corrected chi connectivity index (χ2v) is 4.21. The van der Waals surface area contributed by atoms with E-state index in [0.717, 1.165) is 0 Å². The molecular formula is C15H19Cl2NTi. The maximum Gasteiger partial charge on any atom is 4.00 e. The SMILES string of the molecule is CC(C)=C1[C-]=CC=C1.Cc1[c-][nH]c(C)c1C.[Cl-].[Cl-].[Ti+4]. The Morgan fingerprint density at radius 3 is 1.84 bits per heavy atom. The molecule has 0 saturated carbocycles. The van der Waals surface area contributed by atoms with E-state index in [9.17, 15) is 0 Å². The van der Waals surface area contributed by atoms with Gasteiger partial charge < -0.3 is 29.8 Å². The Morgan fingerprint density at radius 1 is 1.11 bits per heavy atom. The van der Waals surface area contributed by atoms with Gasteiger partial charge in [0.15, 0.2) is 0 Å². The third-order valence-corrected chi connectivity index (χ3v) is 2.70. The number of hydrogen-bond donors (Lipinski definition) is 1.